The number of rotatable bonds is 1. The Morgan fingerprint density at radius 1 is 1.32 bits per heavy atom. The van der Waals surface area contributed by atoms with Crippen LogP contribution in [0, 0.1) is 0 Å². The number of carbonyl (C=O) groups excluding carboxylic acids is 1. The fourth-order valence-corrected chi connectivity index (χ4v) is 3.37. The molecule has 2 unspecified atom stereocenters. The van der Waals surface area contributed by atoms with E-state index in [-0.39, 0.29) is 5.91 Å². The third-order valence-electron chi connectivity index (χ3n) is 3.98. The summed E-state index contributed by atoms with van der Waals surface area (Å²) < 4.78 is 0.822. The monoisotopic (exact) mass is 342 g/mol. The standard InChI is InChI=1S/C14H16BrClN2O/c15-12-4-1-9(7-13(12)16)14(19)18-6-5-10-2-3-11(8-18)17-10/h1,4,7,10-11,17H,2-3,5-6,8H2. The molecule has 0 saturated carbocycles. The Bertz CT molecular complexity index is 508. The van der Waals surface area contributed by atoms with E-state index >= 15 is 0 Å². The summed E-state index contributed by atoms with van der Waals surface area (Å²) in [5, 5.41) is 4.17. The van der Waals surface area contributed by atoms with Crippen molar-refractivity contribution in [1.82, 2.24) is 10.2 Å². The van der Waals surface area contributed by atoms with Crippen molar-refractivity contribution >= 4 is 33.4 Å². The Kier molecular flexibility index (Phi) is 3.83. The van der Waals surface area contributed by atoms with Gasteiger partial charge in [-0.25, -0.2) is 0 Å². The highest BCUT2D eigenvalue weighted by Gasteiger charge is 2.31. The first-order valence-corrected chi connectivity index (χ1v) is 7.81. The molecule has 2 fully saturated rings. The van der Waals surface area contributed by atoms with Crippen LogP contribution >= 0.6 is 27.5 Å². The molecule has 1 aromatic rings. The van der Waals surface area contributed by atoms with E-state index in [0.29, 0.717) is 22.7 Å². The van der Waals surface area contributed by atoms with E-state index in [9.17, 15) is 4.79 Å². The summed E-state index contributed by atoms with van der Waals surface area (Å²) in [7, 11) is 0. The maximum absolute atomic E-state index is 12.5. The predicted molar refractivity (Wildman–Crippen MR) is 79.6 cm³/mol. The average Bonchev–Trinajstić information content (AvgIpc) is 2.72. The lowest BCUT2D eigenvalue weighted by Gasteiger charge is -2.24. The van der Waals surface area contributed by atoms with Gasteiger partial charge in [0.15, 0.2) is 0 Å². The van der Waals surface area contributed by atoms with Crippen LogP contribution in [0.1, 0.15) is 29.6 Å². The van der Waals surface area contributed by atoms with Gasteiger partial charge in [0.05, 0.1) is 5.02 Å². The lowest BCUT2D eigenvalue weighted by atomic mass is 10.1. The van der Waals surface area contributed by atoms with Crippen LogP contribution in [0.2, 0.25) is 5.02 Å². The molecule has 2 heterocycles. The third-order valence-corrected chi connectivity index (χ3v) is 5.21. The molecule has 3 rings (SSSR count). The Morgan fingerprint density at radius 2 is 2.11 bits per heavy atom. The van der Waals surface area contributed by atoms with Gasteiger partial charge in [-0.2, -0.15) is 0 Å². The SMILES string of the molecule is O=C(c1ccc(Br)c(Cl)c1)N1CCC2CCC(C1)N2. The second-order valence-corrected chi connectivity index (χ2v) is 6.57. The van der Waals surface area contributed by atoms with Crippen molar-refractivity contribution in [2.75, 3.05) is 13.1 Å². The van der Waals surface area contributed by atoms with Gasteiger partial charge in [-0.3, -0.25) is 4.79 Å². The van der Waals surface area contributed by atoms with Gasteiger partial charge in [-0.15, -0.1) is 0 Å². The molecule has 5 heteroatoms. The van der Waals surface area contributed by atoms with Gasteiger partial charge in [0.25, 0.3) is 5.91 Å². The Labute approximate surface area is 126 Å². The van der Waals surface area contributed by atoms with Crippen molar-refractivity contribution in [1.29, 1.82) is 0 Å². The van der Waals surface area contributed by atoms with Crippen LogP contribution in [0.25, 0.3) is 0 Å². The van der Waals surface area contributed by atoms with E-state index in [0.717, 1.165) is 24.0 Å². The zero-order chi connectivity index (χ0) is 13.4. The van der Waals surface area contributed by atoms with Gasteiger partial charge in [0.2, 0.25) is 0 Å². The van der Waals surface area contributed by atoms with Crippen LogP contribution in [0.5, 0.6) is 0 Å². The molecule has 2 aliphatic rings. The maximum atomic E-state index is 12.5. The lowest BCUT2D eigenvalue weighted by molar-refractivity contribution is 0.0748. The topological polar surface area (TPSA) is 32.3 Å². The zero-order valence-electron chi connectivity index (χ0n) is 10.5. The van der Waals surface area contributed by atoms with E-state index in [1.807, 2.05) is 17.0 Å². The minimum atomic E-state index is 0.0868. The molecule has 0 aromatic heterocycles. The van der Waals surface area contributed by atoms with Gasteiger partial charge in [-0.05, 0) is 53.4 Å². The highest BCUT2D eigenvalue weighted by Crippen LogP contribution is 2.25. The van der Waals surface area contributed by atoms with E-state index < -0.39 is 0 Å². The zero-order valence-corrected chi connectivity index (χ0v) is 12.9. The molecule has 2 bridgehead atoms. The maximum Gasteiger partial charge on any atom is 0.253 e. The van der Waals surface area contributed by atoms with Crippen LogP contribution in [0.15, 0.2) is 22.7 Å². The number of likely N-dealkylation sites (tertiary alicyclic amines) is 1. The molecule has 1 aromatic carbocycles. The number of hydrogen-bond donors (Lipinski definition) is 1. The second kappa shape index (κ2) is 5.43. The highest BCUT2D eigenvalue weighted by atomic mass is 79.9. The van der Waals surface area contributed by atoms with Crippen molar-refractivity contribution in [3.8, 4) is 0 Å². The Hall–Kier alpha value is -0.580. The number of hydrogen-bond acceptors (Lipinski definition) is 2. The smallest absolute Gasteiger partial charge is 0.253 e. The molecular weight excluding hydrogens is 328 g/mol. The van der Waals surface area contributed by atoms with Crippen molar-refractivity contribution in [3.05, 3.63) is 33.3 Å². The molecule has 0 aliphatic carbocycles. The summed E-state index contributed by atoms with van der Waals surface area (Å²) >= 11 is 9.41. The van der Waals surface area contributed by atoms with Crippen LogP contribution < -0.4 is 5.32 Å². The summed E-state index contributed by atoms with van der Waals surface area (Å²) in [5.41, 5.74) is 0.672. The average molecular weight is 344 g/mol. The van der Waals surface area contributed by atoms with E-state index in [2.05, 4.69) is 21.2 Å². The molecule has 102 valence electrons. The number of nitrogens with one attached hydrogen (secondary N) is 1. The van der Waals surface area contributed by atoms with E-state index in [1.54, 1.807) is 6.07 Å². The Balaban J connectivity index is 1.77. The number of nitrogens with zero attached hydrogens (tertiary/aromatic N) is 1. The summed E-state index contributed by atoms with van der Waals surface area (Å²) in [5.74, 6) is 0.0868. The van der Waals surface area contributed by atoms with Crippen molar-refractivity contribution in [2.24, 2.45) is 0 Å². The molecule has 1 N–H and O–H groups in total. The highest BCUT2D eigenvalue weighted by molar-refractivity contribution is 9.10. The number of fused-ring (bicyclic) bond motifs is 2. The first-order valence-electron chi connectivity index (χ1n) is 6.64. The van der Waals surface area contributed by atoms with Crippen molar-refractivity contribution in [3.63, 3.8) is 0 Å². The number of amides is 1. The number of carbonyl (C=O) groups is 1. The van der Waals surface area contributed by atoms with Crippen molar-refractivity contribution < 1.29 is 4.79 Å². The first kappa shape index (κ1) is 13.4. The summed E-state index contributed by atoms with van der Waals surface area (Å²) in [4.78, 5) is 14.5. The normalized spacial score (nSPS) is 26.3. The fourth-order valence-electron chi connectivity index (χ4n) is 2.94. The molecule has 2 saturated heterocycles. The predicted octanol–water partition coefficient (Wildman–Crippen LogP) is 3.07. The number of benzene rings is 1. The quantitative estimate of drug-likeness (QED) is 0.850. The van der Waals surface area contributed by atoms with Crippen molar-refractivity contribution in [2.45, 2.75) is 31.3 Å². The summed E-state index contributed by atoms with van der Waals surface area (Å²) in [6, 6.07) is 6.45. The third kappa shape index (κ3) is 2.81. The van der Waals surface area contributed by atoms with E-state index in [1.165, 1.54) is 12.8 Å². The molecule has 2 aliphatic heterocycles. The Morgan fingerprint density at radius 3 is 2.89 bits per heavy atom. The van der Waals surface area contributed by atoms with Crippen LogP contribution in [-0.4, -0.2) is 36.0 Å². The second-order valence-electron chi connectivity index (χ2n) is 5.31. The molecule has 3 nitrogen and oxygen atoms in total. The van der Waals surface area contributed by atoms with Gasteiger partial charge < -0.3 is 10.2 Å². The number of halogens is 2. The lowest BCUT2D eigenvalue weighted by Crippen LogP contribution is -2.39. The minimum Gasteiger partial charge on any atom is -0.337 e. The largest absolute Gasteiger partial charge is 0.337 e. The van der Waals surface area contributed by atoms with Crippen LogP contribution in [-0.2, 0) is 0 Å². The van der Waals surface area contributed by atoms with Crippen LogP contribution in [0.3, 0.4) is 0 Å². The molecule has 2 atom stereocenters. The van der Waals surface area contributed by atoms with Gasteiger partial charge in [-0.1, -0.05) is 11.6 Å². The van der Waals surface area contributed by atoms with E-state index in [4.69, 9.17) is 11.6 Å². The van der Waals surface area contributed by atoms with Gasteiger partial charge in [0, 0.05) is 35.2 Å². The molecular formula is C14H16BrClN2O. The summed E-state index contributed by atoms with van der Waals surface area (Å²) in [6.07, 6.45) is 3.47. The minimum absolute atomic E-state index is 0.0868. The molecule has 1 amide bonds. The first-order chi connectivity index (χ1) is 9.13. The van der Waals surface area contributed by atoms with Gasteiger partial charge >= 0.3 is 0 Å². The molecule has 19 heavy (non-hydrogen) atoms. The van der Waals surface area contributed by atoms with Gasteiger partial charge in [0.1, 0.15) is 0 Å². The van der Waals surface area contributed by atoms with Crippen LogP contribution in [0.4, 0.5) is 0 Å². The molecule has 0 radical (unpaired) electrons. The summed E-state index contributed by atoms with van der Waals surface area (Å²) in [6.45, 7) is 1.64. The molecule has 0 spiro atoms. The fraction of sp³-hybridized carbons (Fsp3) is 0.500.